The van der Waals surface area contributed by atoms with Gasteiger partial charge in [0, 0.05) is 30.5 Å². The third-order valence-corrected chi connectivity index (χ3v) is 5.86. The predicted molar refractivity (Wildman–Crippen MR) is 82.6 cm³/mol. The van der Waals surface area contributed by atoms with E-state index in [1.165, 1.54) is 0 Å². The van der Waals surface area contributed by atoms with Crippen LogP contribution in [0.4, 0.5) is 0 Å². The first-order valence-corrected chi connectivity index (χ1v) is 9.41. The molecule has 2 aliphatic rings. The number of nitrogens with one attached hydrogen (secondary N) is 2. The van der Waals surface area contributed by atoms with Crippen molar-refractivity contribution in [2.45, 2.75) is 62.6 Å². The van der Waals surface area contributed by atoms with Gasteiger partial charge in [-0.15, -0.1) is 0 Å². The van der Waals surface area contributed by atoms with Gasteiger partial charge in [-0.25, -0.2) is 13.1 Å². The van der Waals surface area contributed by atoms with Crippen LogP contribution in [0.1, 0.15) is 50.8 Å². The molecular weight excluding hydrogens is 286 g/mol. The molecule has 0 spiro atoms. The Kier molecular flexibility index (Phi) is 4.12. The molecule has 0 amide bonds. The zero-order valence-corrected chi connectivity index (χ0v) is 13.6. The van der Waals surface area contributed by atoms with Gasteiger partial charge >= 0.3 is 0 Å². The topological polar surface area (TPSA) is 63.1 Å². The minimum atomic E-state index is -3.37. The molecular formula is C15H25N3O2S. The van der Waals surface area contributed by atoms with Crippen LogP contribution in [0.2, 0.25) is 0 Å². The van der Waals surface area contributed by atoms with Crippen molar-refractivity contribution in [1.82, 2.24) is 14.6 Å². The average molecular weight is 311 g/mol. The smallest absolute Gasteiger partial charge is 0.242 e. The first-order chi connectivity index (χ1) is 10.0. The van der Waals surface area contributed by atoms with Crippen molar-refractivity contribution in [2.75, 3.05) is 7.05 Å². The zero-order valence-electron chi connectivity index (χ0n) is 12.8. The lowest BCUT2D eigenvalue weighted by molar-refractivity contribution is 0.572. The fourth-order valence-electron chi connectivity index (χ4n) is 3.01. The van der Waals surface area contributed by atoms with Crippen LogP contribution in [0.25, 0.3) is 0 Å². The zero-order chi connectivity index (χ0) is 15.0. The molecule has 2 saturated carbocycles. The molecule has 2 fully saturated rings. The number of rotatable bonds is 8. The first kappa shape index (κ1) is 15.1. The van der Waals surface area contributed by atoms with Crippen molar-refractivity contribution >= 4 is 10.0 Å². The van der Waals surface area contributed by atoms with E-state index in [9.17, 15) is 8.42 Å². The molecule has 2 aliphatic carbocycles. The van der Waals surface area contributed by atoms with Crippen LogP contribution in [-0.4, -0.2) is 26.1 Å². The number of hydrogen-bond acceptors (Lipinski definition) is 3. The van der Waals surface area contributed by atoms with Crippen LogP contribution in [0.5, 0.6) is 0 Å². The van der Waals surface area contributed by atoms with Crippen molar-refractivity contribution in [3.63, 3.8) is 0 Å². The largest absolute Gasteiger partial charge is 0.346 e. The van der Waals surface area contributed by atoms with Gasteiger partial charge < -0.3 is 9.88 Å². The number of hydrogen-bond donors (Lipinski definition) is 2. The maximum atomic E-state index is 12.5. The summed E-state index contributed by atoms with van der Waals surface area (Å²) in [6.45, 7) is 2.84. The van der Waals surface area contributed by atoms with E-state index >= 15 is 0 Å². The van der Waals surface area contributed by atoms with Gasteiger partial charge in [0.25, 0.3) is 0 Å². The summed E-state index contributed by atoms with van der Waals surface area (Å²) in [6, 6.07) is 2.45. The Morgan fingerprint density at radius 1 is 1.38 bits per heavy atom. The summed E-state index contributed by atoms with van der Waals surface area (Å²) >= 11 is 0. The van der Waals surface area contributed by atoms with E-state index in [1.807, 2.05) is 19.3 Å². The average Bonchev–Trinajstić information content (AvgIpc) is 3.33. The van der Waals surface area contributed by atoms with Crippen LogP contribution in [0.3, 0.4) is 0 Å². The fourth-order valence-corrected chi connectivity index (χ4v) is 4.37. The van der Waals surface area contributed by atoms with Crippen LogP contribution < -0.4 is 10.0 Å². The Morgan fingerprint density at radius 3 is 2.76 bits per heavy atom. The summed E-state index contributed by atoms with van der Waals surface area (Å²) in [4.78, 5) is 0.418. The summed E-state index contributed by atoms with van der Waals surface area (Å²) in [5.74, 6) is 0.534. The third-order valence-electron chi connectivity index (χ3n) is 4.40. The minimum absolute atomic E-state index is 0.145. The van der Waals surface area contributed by atoms with Crippen LogP contribution >= 0.6 is 0 Å². The quantitative estimate of drug-likeness (QED) is 0.772. The Labute approximate surface area is 127 Å². The molecule has 118 valence electrons. The molecule has 0 aliphatic heterocycles. The molecule has 2 unspecified atom stereocenters. The van der Waals surface area contributed by atoms with Gasteiger partial charge in [-0.2, -0.15) is 0 Å². The second-order valence-corrected chi connectivity index (χ2v) is 8.06. The van der Waals surface area contributed by atoms with E-state index in [2.05, 4.69) is 21.5 Å². The van der Waals surface area contributed by atoms with Gasteiger partial charge in [-0.05, 0) is 44.7 Å². The highest BCUT2D eigenvalue weighted by atomic mass is 32.2. The molecule has 5 nitrogen and oxygen atoms in total. The molecule has 0 radical (unpaired) electrons. The van der Waals surface area contributed by atoms with Crippen LogP contribution in [0.15, 0.2) is 17.2 Å². The lowest BCUT2D eigenvalue weighted by Gasteiger charge is -2.05. The van der Waals surface area contributed by atoms with Crippen LogP contribution in [-0.2, 0) is 16.6 Å². The fraction of sp³-hybridized carbons (Fsp3) is 0.733. The second kappa shape index (κ2) is 5.74. The molecule has 2 N–H and O–H groups in total. The van der Waals surface area contributed by atoms with E-state index in [-0.39, 0.29) is 6.04 Å². The Balaban J connectivity index is 1.74. The third kappa shape index (κ3) is 3.33. The lowest BCUT2D eigenvalue weighted by atomic mass is 10.2. The Hall–Kier alpha value is -0.850. The predicted octanol–water partition coefficient (Wildman–Crippen LogP) is 2.01. The molecule has 2 atom stereocenters. The van der Waals surface area contributed by atoms with Gasteiger partial charge in [0.05, 0.1) is 4.90 Å². The van der Waals surface area contributed by atoms with Crippen molar-refractivity contribution in [3.8, 4) is 0 Å². The van der Waals surface area contributed by atoms with Crippen molar-refractivity contribution in [2.24, 2.45) is 5.92 Å². The number of nitrogens with zero attached hydrogens (tertiary/aromatic N) is 1. The Morgan fingerprint density at radius 2 is 2.14 bits per heavy atom. The van der Waals surface area contributed by atoms with Crippen LogP contribution in [0, 0.1) is 5.92 Å². The van der Waals surface area contributed by atoms with E-state index in [0.29, 0.717) is 23.4 Å². The van der Waals surface area contributed by atoms with Gasteiger partial charge in [0.1, 0.15) is 0 Å². The summed E-state index contributed by atoms with van der Waals surface area (Å²) in [5.41, 5.74) is 1.06. The highest BCUT2D eigenvalue weighted by Crippen LogP contribution is 2.38. The second-order valence-electron chi connectivity index (χ2n) is 6.35. The monoisotopic (exact) mass is 311 g/mol. The normalized spacial score (nSPS) is 25.2. The summed E-state index contributed by atoms with van der Waals surface area (Å²) in [6.07, 6.45) is 7.33. The Bertz CT molecular complexity index is 604. The van der Waals surface area contributed by atoms with E-state index in [1.54, 1.807) is 0 Å². The van der Waals surface area contributed by atoms with E-state index in [0.717, 1.165) is 37.8 Å². The molecule has 0 aromatic carbocycles. The van der Waals surface area contributed by atoms with Crippen molar-refractivity contribution in [3.05, 3.63) is 18.0 Å². The van der Waals surface area contributed by atoms with Gasteiger partial charge in [-0.3, -0.25) is 0 Å². The summed E-state index contributed by atoms with van der Waals surface area (Å²) in [7, 11) is -1.49. The molecule has 1 aromatic rings. The van der Waals surface area contributed by atoms with Gasteiger partial charge in [0.2, 0.25) is 10.0 Å². The molecule has 0 saturated heterocycles. The standard InChI is InChI=1S/C15H25N3O2S/c1-3-4-11-7-15(11)17-21(19,20)14-8-13(9-16-2)18(10-14)12-5-6-12/h8,10-12,15-17H,3-7,9H2,1-2H3. The highest BCUT2D eigenvalue weighted by molar-refractivity contribution is 7.89. The maximum absolute atomic E-state index is 12.5. The van der Waals surface area contributed by atoms with Gasteiger partial charge in [-0.1, -0.05) is 13.3 Å². The number of sulfonamides is 1. The molecule has 21 heavy (non-hydrogen) atoms. The van der Waals surface area contributed by atoms with Crippen molar-refractivity contribution < 1.29 is 8.42 Å². The van der Waals surface area contributed by atoms with E-state index in [4.69, 9.17) is 0 Å². The highest BCUT2D eigenvalue weighted by Gasteiger charge is 2.39. The molecule has 1 aromatic heterocycles. The molecule has 0 bridgehead atoms. The first-order valence-electron chi connectivity index (χ1n) is 7.93. The van der Waals surface area contributed by atoms with E-state index < -0.39 is 10.0 Å². The maximum Gasteiger partial charge on any atom is 0.242 e. The van der Waals surface area contributed by atoms with Crippen molar-refractivity contribution in [1.29, 1.82) is 0 Å². The molecule has 1 heterocycles. The molecule has 3 rings (SSSR count). The summed E-state index contributed by atoms with van der Waals surface area (Å²) in [5, 5.41) is 3.11. The lowest BCUT2D eigenvalue weighted by Crippen LogP contribution is -2.26. The minimum Gasteiger partial charge on any atom is -0.346 e. The van der Waals surface area contributed by atoms with Gasteiger partial charge in [0.15, 0.2) is 0 Å². The SMILES string of the molecule is CCCC1CC1NS(=O)(=O)c1cc(CNC)n(C2CC2)c1. The summed E-state index contributed by atoms with van der Waals surface area (Å²) < 4.78 is 30.0. The number of aromatic nitrogens is 1. The molecule has 6 heteroatoms.